The van der Waals surface area contributed by atoms with Gasteiger partial charge in [-0.2, -0.15) is 4.98 Å². The molecule has 39 heavy (non-hydrogen) atoms. The Labute approximate surface area is 219 Å². The molecule has 0 unspecified atom stereocenters. The van der Waals surface area contributed by atoms with E-state index < -0.39 is 29.8 Å². The molecule has 5 aromatic rings. The zero-order valence-corrected chi connectivity index (χ0v) is 20.7. The second kappa shape index (κ2) is 10.1. The molecule has 0 aliphatic carbocycles. The van der Waals surface area contributed by atoms with Crippen molar-refractivity contribution in [1.29, 1.82) is 0 Å². The first kappa shape index (κ1) is 25.0. The number of aliphatic hydroxyl groups excluding tert-OH is 2. The number of rotatable bonds is 8. The Morgan fingerprint density at radius 2 is 1.92 bits per heavy atom. The van der Waals surface area contributed by atoms with Crippen LogP contribution in [-0.2, 0) is 17.6 Å². The van der Waals surface area contributed by atoms with Crippen molar-refractivity contribution in [2.45, 2.75) is 50.5 Å². The molecule has 0 bridgehead atoms. The summed E-state index contributed by atoms with van der Waals surface area (Å²) in [5.41, 5.74) is 1.59. The first-order valence-electron chi connectivity index (χ1n) is 12.6. The van der Waals surface area contributed by atoms with Gasteiger partial charge >= 0.3 is 11.3 Å². The number of aromatic hydroxyl groups is 1. The summed E-state index contributed by atoms with van der Waals surface area (Å²) in [6, 6.07) is 8.14. The molecule has 3 atom stereocenters. The van der Waals surface area contributed by atoms with Crippen molar-refractivity contribution in [1.82, 2.24) is 29.5 Å². The van der Waals surface area contributed by atoms with Crippen molar-refractivity contribution in [3.63, 3.8) is 0 Å². The Kier molecular flexibility index (Phi) is 6.46. The number of hydrogen-bond acceptors (Lipinski definition) is 10. The molecule has 0 amide bonds. The summed E-state index contributed by atoms with van der Waals surface area (Å²) >= 11 is 0. The highest BCUT2D eigenvalue weighted by Crippen LogP contribution is 2.28. The van der Waals surface area contributed by atoms with Gasteiger partial charge in [0.05, 0.1) is 24.6 Å². The second-order valence-electron chi connectivity index (χ2n) is 9.65. The van der Waals surface area contributed by atoms with Gasteiger partial charge in [0.15, 0.2) is 5.69 Å². The standard InChI is InChI=1S/C26H26N6O7/c33-13-22-20(35)10-23(38-22)31-11-15-7-16(27-24(15)28-26(31)37)3-1-2-4-17-12-32(30-29-17)19-8-14-5-6-18(34)9-21(14)39-25(19)36/h5-9,11-12,20,22-23,33-35H,1-4,10,13H2,(H,27,28,37)/t20-,22+,23+/m0/s1. The van der Waals surface area contributed by atoms with E-state index in [2.05, 4.69) is 20.3 Å². The van der Waals surface area contributed by atoms with Crippen LogP contribution in [0.15, 0.2) is 56.7 Å². The number of ether oxygens (including phenoxy) is 1. The van der Waals surface area contributed by atoms with E-state index in [0.29, 0.717) is 23.0 Å². The summed E-state index contributed by atoms with van der Waals surface area (Å²) in [4.78, 5) is 32.2. The fourth-order valence-electron chi connectivity index (χ4n) is 4.86. The molecule has 1 fully saturated rings. The zero-order valence-electron chi connectivity index (χ0n) is 20.7. The van der Waals surface area contributed by atoms with Gasteiger partial charge in [0.1, 0.15) is 29.3 Å². The Morgan fingerprint density at radius 1 is 1.08 bits per heavy atom. The maximum absolute atomic E-state index is 12.5. The molecule has 0 spiro atoms. The molecule has 1 aromatic carbocycles. The molecule has 6 rings (SSSR count). The lowest BCUT2D eigenvalue weighted by atomic mass is 10.1. The number of fused-ring (bicyclic) bond motifs is 2. The van der Waals surface area contributed by atoms with Crippen LogP contribution in [-0.4, -0.2) is 63.7 Å². The number of phenols is 1. The quantitative estimate of drug-likeness (QED) is 0.167. The topological polar surface area (TPSA) is 182 Å². The first-order chi connectivity index (χ1) is 18.9. The van der Waals surface area contributed by atoms with E-state index >= 15 is 0 Å². The van der Waals surface area contributed by atoms with Crippen LogP contribution in [0.2, 0.25) is 0 Å². The van der Waals surface area contributed by atoms with E-state index in [-0.39, 0.29) is 24.5 Å². The van der Waals surface area contributed by atoms with Gasteiger partial charge in [-0.1, -0.05) is 5.21 Å². The third kappa shape index (κ3) is 4.94. The van der Waals surface area contributed by atoms with Crippen LogP contribution in [0.4, 0.5) is 0 Å². The van der Waals surface area contributed by atoms with Crippen LogP contribution in [0.1, 0.15) is 36.9 Å². The average Bonchev–Trinajstić information content (AvgIpc) is 3.63. The second-order valence-corrected chi connectivity index (χ2v) is 9.65. The highest BCUT2D eigenvalue weighted by molar-refractivity contribution is 5.79. The van der Waals surface area contributed by atoms with Gasteiger partial charge in [0.25, 0.3) is 0 Å². The van der Waals surface area contributed by atoms with Crippen molar-refractivity contribution in [3.8, 4) is 11.4 Å². The molecule has 1 saturated heterocycles. The van der Waals surface area contributed by atoms with Gasteiger partial charge in [-0.05, 0) is 49.9 Å². The number of nitrogens with zero attached hydrogens (tertiary/aromatic N) is 5. The van der Waals surface area contributed by atoms with Crippen molar-refractivity contribution >= 4 is 22.0 Å². The molecule has 202 valence electrons. The molecule has 13 heteroatoms. The number of aryl methyl sites for hydroxylation is 2. The molecule has 5 heterocycles. The van der Waals surface area contributed by atoms with E-state index in [1.165, 1.54) is 21.4 Å². The van der Waals surface area contributed by atoms with Crippen molar-refractivity contribution < 1.29 is 24.5 Å². The van der Waals surface area contributed by atoms with Crippen molar-refractivity contribution in [2.24, 2.45) is 0 Å². The highest BCUT2D eigenvalue weighted by atomic mass is 16.5. The van der Waals surface area contributed by atoms with Gasteiger partial charge in [-0.25, -0.2) is 14.3 Å². The van der Waals surface area contributed by atoms with Crippen LogP contribution in [0, 0.1) is 0 Å². The SMILES string of the molecule is O=c1oc2cc(O)ccc2cc1-n1cc(CCCCc2cc3cn([C@H]4C[C@H](O)[C@@H](CO)O4)c(=O)nc3[nH]2)nn1. The van der Waals surface area contributed by atoms with Gasteiger partial charge in [-0.3, -0.25) is 4.57 Å². The number of aromatic nitrogens is 6. The lowest BCUT2D eigenvalue weighted by molar-refractivity contribution is -0.0457. The molecular weight excluding hydrogens is 508 g/mol. The molecule has 4 aromatic heterocycles. The monoisotopic (exact) mass is 534 g/mol. The lowest BCUT2D eigenvalue weighted by Crippen LogP contribution is -2.27. The highest BCUT2D eigenvalue weighted by Gasteiger charge is 2.35. The van der Waals surface area contributed by atoms with Crippen molar-refractivity contribution in [2.75, 3.05) is 6.61 Å². The molecule has 1 aliphatic rings. The van der Waals surface area contributed by atoms with Gasteiger partial charge in [-0.15, -0.1) is 5.10 Å². The third-order valence-electron chi connectivity index (χ3n) is 6.90. The molecule has 4 N–H and O–H groups in total. The van der Waals surface area contributed by atoms with Crippen LogP contribution in [0.5, 0.6) is 5.75 Å². The summed E-state index contributed by atoms with van der Waals surface area (Å²) in [6.45, 7) is -0.322. The minimum Gasteiger partial charge on any atom is -0.508 e. The number of nitrogens with one attached hydrogen (secondary N) is 1. The molecule has 1 aliphatic heterocycles. The number of benzene rings is 1. The van der Waals surface area contributed by atoms with E-state index in [9.17, 15) is 24.9 Å². The Bertz CT molecular complexity index is 1770. The number of aromatic amines is 1. The minimum absolute atomic E-state index is 0.0142. The van der Waals surface area contributed by atoms with Gasteiger partial charge < -0.3 is 29.5 Å². The smallest absolute Gasteiger partial charge is 0.362 e. The largest absolute Gasteiger partial charge is 0.508 e. The van der Waals surface area contributed by atoms with E-state index in [0.717, 1.165) is 36.0 Å². The predicted octanol–water partition coefficient (Wildman–Crippen LogP) is 1.32. The van der Waals surface area contributed by atoms with Crippen LogP contribution < -0.4 is 11.3 Å². The first-order valence-corrected chi connectivity index (χ1v) is 12.6. The molecule has 0 saturated carbocycles. The van der Waals surface area contributed by atoms with Crippen LogP contribution >= 0.6 is 0 Å². The number of H-pyrrole nitrogens is 1. The van der Waals surface area contributed by atoms with E-state index in [4.69, 9.17) is 9.15 Å². The Balaban J connectivity index is 1.08. The minimum atomic E-state index is -0.841. The normalized spacial score (nSPS) is 19.4. The molecule has 13 nitrogen and oxygen atoms in total. The fraction of sp³-hybridized carbons (Fsp3) is 0.346. The number of hydrogen-bond donors (Lipinski definition) is 4. The van der Waals surface area contributed by atoms with Crippen LogP contribution in [0.3, 0.4) is 0 Å². The van der Waals surface area contributed by atoms with E-state index in [1.807, 2.05) is 6.07 Å². The molecular formula is C26H26N6O7. The maximum Gasteiger partial charge on any atom is 0.362 e. The molecule has 0 radical (unpaired) electrons. The lowest BCUT2D eigenvalue weighted by Gasteiger charge is -2.14. The van der Waals surface area contributed by atoms with Gasteiger partial charge in [0.2, 0.25) is 0 Å². The third-order valence-corrected chi connectivity index (χ3v) is 6.90. The zero-order chi connectivity index (χ0) is 27.1. The number of aliphatic hydroxyl groups is 2. The van der Waals surface area contributed by atoms with Crippen molar-refractivity contribution in [3.05, 3.63) is 75.0 Å². The summed E-state index contributed by atoms with van der Waals surface area (Å²) in [7, 11) is 0. The maximum atomic E-state index is 12.5. The Hall–Kier alpha value is -4.33. The van der Waals surface area contributed by atoms with E-state index in [1.54, 1.807) is 24.5 Å². The summed E-state index contributed by atoms with van der Waals surface area (Å²) in [5.74, 6) is 0.0142. The summed E-state index contributed by atoms with van der Waals surface area (Å²) in [6.07, 6.45) is 4.36. The van der Waals surface area contributed by atoms with Crippen LogP contribution in [0.25, 0.3) is 27.7 Å². The average molecular weight is 535 g/mol. The summed E-state index contributed by atoms with van der Waals surface area (Å²) < 4.78 is 13.6. The fourth-order valence-corrected chi connectivity index (χ4v) is 4.86. The van der Waals surface area contributed by atoms with Gasteiger partial charge in [0, 0.05) is 35.2 Å². The number of phenolic OH excluding ortho intramolecular Hbond substituents is 1. The Morgan fingerprint density at radius 3 is 2.74 bits per heavy atom. The predicted molar refractivity (Wildman–Crippen MR) is 138 cm³/mol. The summed E-state index contributed by atoms with van der Waals surface area (Å²) in [5, 5.41) is 38.5. The number of unbranched alkanes of at least 4 members (excludes halogenated alkanes) is 1.